The van der Waals surface area contributed by atoms with Gasteiger partial charge in [-0.25, -0.2) is 0 Å². The lowest BCUT2D eigenvalue weighted by Crippen LogP contribution is -2.49. The summed E-state index contributed by atoms with van der Waals surface area (Å²) >= 11 is 3.76. The Labute approximate surface area is 92.6 Å². The minimum Gasteiger partial charge on any atom is -0.394 e. The molecule has 0 amide bonds. The highest BCUT2D eigenvalue weighted by molar-refractivity contribution is 7.81. The molecule has 0 aromatic heterocycles. The number of thiol groups is 1. The third kappa shape index (κ3) is 4.06. The average Bonchev–Trinajstić information content (AvgIpc) is 2.23. The van der Waals surface area contributed by atoms with E-state index in [1.165, 1.54) is 6.92 Å². The largest absolute Gasteiger partial charge is 0.394 e. The summed E-state index contributed by atoms with van der Waals surface area (Å²) in [5.74, 6) is -0.768. The van der Waals surface area contributed by atoms with Crippen LogP contribution in [0.5, 0.6) is 0 Å². The second kappa shape index (κ2) is 6.41. The fraction of sp³-hybridized carbons (Fsp3) is 0.875. The first kappa shape index (κ1) is 14.8. The van der Waals surface area contributed by atoms with Crippen LogP contribution in [-0.4, -0.2) is 67.6 Å². The van der Waals surface area contributed by atoms with Crippen molar-refractivity contribution in [2.45, 2.75) is 36.6 Å². The van der Waals surface area contributed by atoms with Gasteiger partial charge in [0.15, 0.2) is 5.78 Å². The Morgan fingerprint density at radius 1 is 1.20 bits per heavy atom. The maximum atomic E-state index is 11.2. The number of carbonyl (C=O) groups is 1. The molecule has 6 nitrogen and oxygen atoms in total. The van der Waals surface area contributed by atoms with Gasteiger partial charge in [0, 0.05) is 0 Å². The SMILES string of the molecule is CC(S)C(=O)[C@@H](O)[C@@H](O)[C@H](O)[C@H](O)CO. The number of aliphatic hydroxyl groups is 5. The van der Waals surface area contributed by atoms with Gasteiger partial charge in [0.25, 0.3) is 0 Å². The molecule has 0 saturated carbocycles. The fourth-order valence-electron chi connectivity index (χ4n) is 0.938. The molecule has 5 N–H and O–H groups in total. The summed E-state index contributed by atoms with van der Waals surface area (Å²) in [5, 5.41) is 44.4. The molecule has 90 valence electrons. The molecule has 0 aromatic rings. The van der Waals surface area contributed by atoms with E-state index < -0.39 is 42.1 Å². The predicted octanol–water partition coefficient (Wildman–Crippen LogP) is -2.69. The van der Waals surface area contributed by atoms with Crippen molar-refractivity contribution in [1.29, 1.82) is 0 Å². The third-order valence-corrected chi connectivity index (χ3v) is 2.21. The van der Waals surface area contributed by atoms with E-state index in [0.717, 1.165) is 0 Å². The molecule has 7 heteroatoms. The maximum Gasteiger partial charge on any atom is 0.176 e. The van der Waals surface area contributed by atoms with Crippen molar-refractivity contribution >= 4 is 18.4 Å². The highest BCUT2D eigenvalue weighted by Crippen LogP contribution is 2.09. The van der Waals surface area contributed by atoms with Crippen LogP contribution in [0.25, 0.3) is 0 Å². The van der Waals surface area contributed by atoms with Crippen LogP contribution in [0.1, 0.15) is 6.92 Å². The summed E-state index contributed by atoms with van der Waals surface area (Å²) in [6.45, 7) is 0.617. The van der Waals surface area contributed by atoms with Gasteiger partial charge in [-0.1, -0.05) is 0 Å². The van der Waals surface area contributed by atoms with Crippen molar-refractivity contribution < 1.29 is 30.3 Å². The smallest absolute Gasteiger partial charge is 0.176 e. The van der Waals surface area contributed by atoms with Crippen LogP contribution in [0.4, 0.5) is 0 Å². The van der Waals surface area contributed by atoms with Crippen LogP contribution < -0.4 is 0 Å². The van der Waals surface area contributed by atoms with Crippen LogP contribution in [-0.2, 0) is 4.79 Å². The summed E-state index contributed by atoms with van der Waals surface area (Å²) in [4.78, 5) is 11.2. The van der Waals surface area contributed by atoms with Gasteiger partial charge in [-0.15, -0.1) is 0 Å². The topological polar surface area (TPSA) is 118 Å². The molecule has 0 aliphatic carbocycles. The molecule has 0 bridgehead atoms. The molecule has 1 unspecified atom stereocenters. The predicted molar refractivity (Wildman–Crippen MR) is 54.6 cm³/mol. The highest BCUT2D eigenvalue weighted by Gasteiger charge is 2.34. The molecule has 0 heterocycles. The average molecular weight is 240 g/mol. The second-order valence-electron chi connectivity index (χ2n) is 3.25. The van der Waals surface area contributed by atoms with E-state index in [4.69, 9.17) is 10.2 Å². The molecular formula is C8H16O6S. The number of aliphatic hydroxyl groups excluding tert-OH is 5. The van der Waals surface area contributed by atoms with Crippen molar-refractivity contribution in [3.8, 4) is 0 Å². The molecule has 0 aliphatic heterocycles. The normalized spacial score (nSPS) is 21.5. The van der Waals surface area contributed by atoms with Crippen LogP contribution in [0.2, 0.25) is 0 Å². The van der Waals surface area contributed by atoms with Crippen molar-refractivity contribution in [1.82, 2.24) is 0 Å². The molecule has 15 heavy (non-hydrogen) atoms. The Kier molecular flexibility index (Phi) is 6.34. The Hall–Kier alpha value is -0.180. The first-order valence-electron chi connectivity index (χ1n) is 4.37. The summed E-state index contributed by atoms with van der Waals surface area (Å²) < 4.78 is 0. The van der Waals surface area contributed by atoms with Gasteiger partial charge in [-0.3, -0.25) is 4.79 Å². The summed E-state index contributed by atoms with van der Waals surface area (Å²) in [5.41, 5.74) is 0. The molecule has 5 atom stereocenters. The molecule has 0 spiro atoms. The van der Waals surface area contributed by atoms with Crippen LogP contribution in [0, 0.1) is 0 Å². The summed E-state index contributed by atoms with van der Waals surface area (Å²) in [6.07, 6.45) is -7.10. The van der Waals surface area contributed by atoms with Gasteiger partial charge >= 0.3 is 0 Å². The van der Waals surface area contributed by atoms with Gasteiger partial charge in [0.2, 0.25) is 0 Å². The number of hydrogen-bond acceptors (Lipinski definition) is 7. The van der Waals surface area contributed by atoms with Crippen molar-refractivity contribution in [3.63, 3.8) is 0 Å². The van der Waals surface area contributed by atoms with E-state index >= 15 is 0 Å². The number of rotatable bonds is 6. The minimum absolute atomic E-state index is 0.768. The quantitative estimate of drug-likeness (QED) is 0.281. The lowest BCUT2D eigenvalue weighted by molar-refractivity contribution is -0.146. The zero-order valence-electron chi connectivity index (χ0n) is 8.19. The fourth-order valence-corrected chi connectivity index (χ4v) is 1.09. The van der Waals surface area contributed by atoms with Crippen LogP contribution in [0.3, 0.4) is 0 Å². The van der Waals surface area contributed by atoms with E-state index in [1.807, 2.05) is 0 Å². The molecular weight excluding hydrogens is 224 g/mol. The van der Waals surface area contributed by atoms with Gasteiger partial charge in [-0.2, -0.15) is 12.6 Å². The van der Waals surface area contributed by atoms with Gasteiger partial charge in [0.1, 0.15) is 24.4 Å². The maximum absolute atomic E-state index is 11.2. The lowest BCUT2D eigenvalue weighted by atomic mass is 9.99. The summed E-state index contributed by atoms with van der Waals surface area (Å²) in [6, 6.07) is 0. The minimum atomic E-state index is -1.85. The molecule has 0 fully saturated rings. The van der Waals surface area contributed by atoms with Crippen molar-refractivity contribution in [2.75, 3.05) is 6.61 Å². The number of ketones is 1. The number of Topliss-reactive ketones (excluding diaryl/α,β-unsaturated/α-hetero) is 1. The van der Waals surface area contributed by atoms with Gasteiger partial charge in [0.05, 0.1) is 11.9 Å². The molecule has 0 saturated heterocycles. The van der Waals surface area contributed by atoms with E-state index in [1.54, 1.807) is 0 Å². The zero-order valence-corrected chi connectivity index (χ0v) is 9.08. The molecule has 0 rings (SSSR count). The van der Waals surface area contributed by atoms with E-state index in [0.29, 0.717) is 0 Å². The zero-order chi connectivity index (χ0) is 12.2. The second-order valence-corrected chi connectivity index (χ2v) is 4.03. The summed E-state index contributed by atoms with van der Waals surface area (Å²) in [7, 11) is 0. The van der Waals surface area contributed by atoms with Gasteiger partial charge in [-0.05, 0) is 6.92 Å². The van der Waals surface area contributed by atoms with Crippen molar-refractivity contribution in [3.05, 3.63) is 0 Å². The monoisotopic (exact) mass is 240 g/mol. The van der Waals surface area contributed by atoms with E-state index in [9.17, 15) is 20.1 Å². The van der Waals surface area contributed by atoms with Gasteiger partial charge < -0.3 is 25.5 Å². The lowest BCUT2D eigenvalue weighted by Gasteiger charge is -2.25. The number of hydrogen-bond donors (Lipinski definition) is 6. The Morgan fingerprint density at radius 2 is 1.67 bits per heavy atom. The Balaban J connectivity index is 4.43. The van der Waals surface area contributed by atoms with Crippen LogP contribution in [0.15, 0.2) is 0 Å². The molecule has 0 aliphatic rings. The Bertz CT molecular complexity index is 209. The van der Waals surface area contributed by atoms with Crippen LogP contribution >= 0.6 is 12.6 Å². The van der Waals surface area contributed by atoms with Crippen molar-refractivity contribution in [2.24, 2.45) is 0 Å². The first-order valence-corrected chi connectivity index (χ1v) is 4.89. The van der Waals surface area contributed by atoms with E-state index in [2.05, 4.69) is 12.6 Å². The highest BCUT2D eigenvalue weighted by atomic mass is 32.1. The molecule has 0 radical (unpaired) electrons. The first-order chi connectivity index (χ1) is 6.82. The Morgan fingerprint density at radius 3 is 2.00 bits per heavy atom. The van der Waals surface area contributed by atoms with E-state index in [-0.39, 0.29) is 0 Å². The molecule has 0 aromatic carbocycles. The number of carbonyl (C=O) groups excluding carboxylic acids is 1. The standard InChI is InChI=1S/C8H16O6S/c1-3(15)5(11)7(13)8(14)6(12)4(10)2-9/h3-4,6-10,12-15H,2H2,1H3/t3?,4-,6-,7-,8+/m1/s1. The third-order valence-electron chi connectivity index (χ3n) is 1.96.